The molecule has 6 atom stereocenters. The van der Waals surface area contributed by atoms with Crippen molar-refractivity contribution in [1.29, 1.82) is 0 Å². The summed E-state index contributed by atoms with van der Waals surface area (Å²) in [4.78, 5) is 11.4. The summed E-state index contributed by atoms with van der Waals surface area (Å²) in [5, 5.41) is 12.8. The molecule has 4 aliphatic carbocycles. The van der Waals surface area contributed by atoms with E-state index in [1.807, 2.05) is 6.92 Å². The van der Waals surface area contributed by atoms with Gasteiger partial charge in [0, 0.05) is 12.3 Å². The molecule has 4 aliphatic rings. The van der Waals surface area contributed by atoms with E-state index in [9.17, 15) is 10.0 Å². The maximum Gasteiger partial charge on any atom is 0.302 e. The number of esters is 1. The van der Waals surface area contributed by atoms with Gasteiger partial charge in [-0.25, -0.2) is 0 Å². The number of nitrogens with zero attached hydrogens (tertiary/aromatic N) is 1. The average molecular weight is 372 g/mol. The Hall–Kier alpha value is -1.58. The van der Waals surface area contributed by atoms with E-state index in [1.54, 1.807) is 5.57 Å². The predicted molar refractivity (Wildman–Crippen MR) is 106 cm³/mol. The minimum atomic E-state index is -0.143. The summed E-state index contributed by atoms with van der Waals surface area (Å²) in [7, 11) is 0. The van der Waals surface area contributed by atoms with Crippen LogP contribution in [0.3, 0.4) is 0 Å². The molecule has 0 amide bonds. The molecule has 4 heteroatoms. The lowest BCUT2D eigenvalue weighted by molar-refractivity contribution is -0.151. The van der Waals surface area contributed by atoms with E-state index in [1.165, 1.54) is 25.3 Å². The van der Waals surface area contributed by atoms with Gasteiger partial charge in [-0.05, 0) is 80.6 Å². The van der Waals surface area contributed by atoms with Crippen LogP contribution in [-0.2, 0) is 9.53 Å². The molecule has 2 saturated carbocycles. The molecule has 0 unspecified atom stereocenters. The normalized spacial score (nSPS) is 43.8. The molecule has 0 radical (unpaired) electrons. The van der Waals surface area contributed by atoms with Crippen LogP contribution in [0.1, 0.15) is 72.6 Å². The monoisotopic (exact) mass is 371 g/mol. The van der Waals surface area contributed by atoms with Crippen molar-refractivity contribution in [2.45, 2.75) is 78.7 Å². The van der Waals surface area contributed by atoms with Crippen molar-refractivity contribution in [2.75, 3.05) is 0 Å². The van der Waals surface area contributed by atoms with Gasteiger partial charge in [-0.3, -0.25) is 4.79 Å². The summed E-state index contributed by atoms with van der Waals surface area (Å²) in [6.07, 6.45) is 12.7. The van der Waals surface area contributed by atoms with Crippen molar-refractivity contribution >= 4 is 11.7 Å². The fourth-order valence-corrected chi connectivity index (χ4v) is 7.02. The van der Waals surface area contributed by atoms with Crippen LogP contribution in [0.5, 0.6) is 0 Å². The Balaban J connectivity index is 1.60. The van der Waals surface area contributed by atoms with Crippen molar-refractivity contribution in [1.82, 2.24) is 0 Å². The van der Waals surface area contributed by atoms with E-state index in [0.717, 1.165) is 37.8 Å². The Bertz CT molecular complexity index is 736. The van der Waals surface area contributed by atoms with Gasteiger partial charge in [0.15, 0.2) is 0 Å². The van der Waals surface area contributed by atoms with E-state index in [2.05, 4.69) is 31.2 Å². The van der Waals surface area contributed by atoms with Crippen molar-refractivity contribution < 1.29 is 14.7 Å². The molecule has 1 N–H and O–H groups in total. The smallest absolute Gasteiger partial charge is 0.302 e. The zero-order chi connectivity index (χ0) is 19.4. The third kappa shape index (κ3) is 2.78. The first kappa shape index (κ1) is 18.8. The van der Waals surface area contributed by atoms with Gasteiger partial charge in [0.25, 0.3) is 0 Å². The fourth-order valence-electron chi connectivity index (χ4n) is 7.02. The highest BCUT2D eigenvalue weighted by atomic mass is 16.5. The highest BCUT2D eigenvalue weighted by molar-refractivity contribution is 5.99. The van der Waals surface area contributed by atoms with Crippen LogP contribution in [0.25, 0.3) is 0 Å². The SMILES string of the molecule is CC(=O)O[C@H]1CC[C@]2(C)C3=CC[C@]4(C)C(/C(C)=N/O)=CC[C@H]4[C@@H]3CC[C@H]2C1. The Kier molecular flexibility index (Phi) is 4.51. The van der Waals surface area contributed by atoms with Gasteiger partial charge in [-0.15, -0.1) is 0 Å². The van der Waals surface area contributed by atoms with Crippen molar-refractivity contribution in [2.24, 2.45) is 33.7 Å². The van der Waals surface area contributed by atoms with Crippen LogP contribution in [0, 0.1) is 28.6 Å². The van der Waals surface area contributed by atoms with Crippen molar-refractivity contribution in [3.05, 3.63) is 23.3 Å². The van der Waals surface area contributed by atoms with Gasteiger partial charge in [-0.1, -0.05) is 36.7 Å². The second-order valence-electron chi connectivity index (χ2n) is 9.73. The van der Waals surface area contributed by atoms with E-state index >= 15 is 0 Å². The highest BCUT2D eigenvalue weighted by Crippen LogP contribution is 2.64. The number of allylic oxidation sites excluding steroid dienone is 4. The van der Waals surface area contributed by atoms with E-state index < -0.39 is 0 Å². The fraction of sp³-hybridized carbons (Fsp3) is 0.739. The highest BCUT2D eigenvalue weighted by Gasteiger charge is 2.55. The zero-order valence-corrected chi connectivity index (χ0v) is 17.1. The standard InChI is InChI=1S/C23H33NO3/c1-14(24-26)19-7-8-20-18-6-5-16-13-17(27-15(2)25)9-11-22(16,3)21(18)10-12-23(19,20)4/h7,10,16-18,20,26H,5-6,8-9,11-13H2,1-4H3/b24-14+/t16-,17-,18-,20-,22-,23+/m0/s1. The number of ether oxygens (including phenoxy) is 1. The lowest BCUT2D eigenvalue weighted by Gasteiger charge is -2.56. The number of carbonyl (C=O) groups excluding carboxylic acids is 1. The summed E-state index contributed by atoms with van der Waals surface area (Å²) in [6.45, 7) is 8.28. The first-order valence-corrected chi connectivity index (χ1v) is 10.6. The Morgan fingerprint density at radius 1 is 1.19 bits per heavy atom. The summed E-state index contributed by atoms with van der Waals surface area (Å²) in [5.41, 5.74) is 4.05. The number of hydrogen-bond acceptors (Lipinski definition) is 4. The first-order chi connectivity index (χ1) is 12.8. The maximum atomic E-state index is 11.4. The minimum Gasteiger partial charge on any atom is -0.463 e. The summed E-state index contributed by atoms with van der Waals surface area (Å²) >= 11 is 0. The minimum absolute atomic E-state index is 0.0998. The Morgan fingerprint density at radius 2 is 1.96 bits per heavy atom. The maximum absolute atomic E-state index is 11.4. The summed E-state index contributed by atoms with van der Waals surface area (Å²) in [5.74, 6) is 1.73. The molecule has 0 bridgehead atoms. The van der Waals surface area contributed by atoms with Crippen LogP contribution < -0.4 is 0 Å². The van der Waals surface area contributed by atoms with Crippen LogP contribution in [0.15, 0.2) is 28.5 Å². The predicted octanol–water partition coefficient (Wildman–Crippen LogP) is 5.27. The van der Waals surface area contributed by atoms with Crippen molar-refractivity contribution in [3.8, 4) is 0 Å². The second-order valence-corrected chi connectivity index (χ2v) is 9.73. The second kappa shape index (κ2) is 6.49. The number of hydrogen-bond donors (Lipinski definition) is 1. The van der Waals surface area contributed by atoms with Gasteiger partial charge < -0.3 is 9.94 Å². The van der Waals surface area contributed by atoms with Crippen LogP contribution in [0.4, 0.5) is 0 Å². The molecule has 0 aromatic carbocycles. The molecule has 4 nitrogen and oxygen atoms in total. The molecular formula is C23H33NO3. The lowest BCUT2D eigenvalue weighted by atomic mass is 9.48. The van der Waals surface area contributed by atoms with Gasteiger partial charge in [0.2, 0.25) is 0 Å². The molecule has 2 fully saturated rings. The van der Waals surface area contributed by atoms with E-state index in [-0.39, 0.29) is 22.9 Å². The topological polar surface area (TPSA) is 58.9 Å². The summed E-state index contributed by atoms with van der Waals surface area (Å²) < 4.78 is 5.56. The van der Waals surface area contributed by atoms with Crippen LogP contribution in [-0.4, -0.2) is 23.0 Å². The molecule has 0 spiro atoms. The molecule has 0 heterocycles. The van der Waals surface area contributed by atoms with Gasteiger partial charge in [-0.2, -0.15) is 0 Å². The summed E-state index contributed by atoms with van der Waals surface area (Å²) in [6, 6.07) is 0. The molecule has 0 aliphatic heterocycles. The molecule has 4 rings (SSSR count). The number of carbonyl (C=O) groups is 1. The molecule has 27 heavy (non-hydrogen) atoms. The Morgan fingerprint density at radius 3 is 2.67 bits per heavy atom. The third-order valence-corrected chi connectivity index (χ3v) is 8.43. The third-order valence-electron chi connectivity index (χ3n) is 8.43. The molecule has 0 aromatic rings. The van der Waals surface area contributed by atoms with Gasteiger partial charge in [0.05, 0.1) is 5.71 Å². The molecular weight excluding hydrogens is 338 g/mol. The van der Waals surface area contributed by atoms with Crippen LogP contribution in [0.2, 0.25) is 0 Å². The quantitative estimate of drug-likeness (QED) is 0.237. The first-order valence-electron chi connectivity index (χ1n) is 10.6. The number of fused-ring (bicyclic) bond motifs is 5. The molecule has 0 aromatic heterocycles. The zero-order valence-electron chi connectivity index (χ0n) is 17.1. The average Bonchev–Trinajstić information content (AvgIpc) is 2.98. The van der Waals surface area contributed by atoms with E-state index in [0.29, 0.717) is 17.8 Å². The van der Waals surface area contributed by atoms with Gasteiger partial charge in [0.1, 0.15) is 6.10 Å². The van der Waals surface area contributed by atoms with Crippen molar-refractivity contribution in [3.63, 3.8) is 0 Å². The number of rotatable bonds is 2. The molecule has 148 valence electrons. The van der Waals surface area contributed by atoms with E-state index in [4.69, 9.17) is 4.74 Å². The molecule has 0 saturated heterocycles. The lowest BCUT2D eigenvalue weighted by Crippen LogP contribution is -2.48. The number of oxime groups is 1. The largest absolute Gasteiger partial charge is 0.463 e. The Labute approximate surface area is 162 Å². The van der Waals surface area contributed by atoms with Crippen LogP contribution >= 0.6 is 0 Å². The van der Waals surface area contributed by atoms with Gasteiger partial charge >= 0.3 is 5.97 Å².